The molecule has 0 heterocycles. The monoisotopic (exact) mass is 250 g/mol. The molecule has 1 aromatic rings. The second kappa shape index (κ2) is 5.13. The van der Waals surface area contributed by atoms with Gasteiger partial charge in [0.15, 0.2) is 0 Å². The quantitative estimate of drug-likeness (QED) is 0.489. The summed E-state index contributed by atoms with van der Waals surface area (Å²) >= 11 is 0. The molecule has 0 fully saturated rings. The van der Waals surface area contributed by atoms with Crippen LogP contribution < -0.4 is 5.73 Å². The molecule has 0 aliphatic rings. The number of hydrogen-bond acceptors (Lipinski definition) is 2. The van der Waals surface area contributed by atoms with Gasteiger partial charge in [-0.2, -0.15) is 13.2 Å². The molecule has 0 saturated heterocycles. The predicted octanol–water partition coefficient (Wildman–Crippen LogP) is 2.19. The van der Waals surface area contributed by atoms with E-state index in [0.29, 0.717) is 0 Å². The van der Waals surface area contributed by atoms with Crippen LogP contribution in [0.25, 0.3) is 0 Å². The molecule has 0 aliphatic carbocycles. The Morgan fingerprint density at radius 1 is 1.35 bits per heavy atom. The average molecular weight is 250 g/mol. The lowest BCUT2D eigenvalue weighted by Gasteiger charge is -2.09. The molecule has 94 valence electrons. The molecule has 1 aromatic carbocycles. The van der Waals surface area contributed by atoms with Gasteiger partial charge in [-0.1, -0.05) is 12.1 Å². The summed E-state index contributed by atoms with van der Waals surface area (Å²) in [6.07, 6.45) is -4.43. The van der Waals surface area contributed by atoms with Crippen molar-refractivity contribution in [3.8, 4) is 0 Å². The highest BCUT2D eigenvalue weighted by molar-refractivity contribution is 5.94. The van der Waals surface area contributed by atoms with Crippen LogP contribution >= 0.6 is 0 Å². The fraction of sp³-hybridized carbons (Fsp3) is 0.300. The minimum absolute atomic E-state index is 0.0146. The van der Waals surface area contributed by atoms with Crippen LogP contribution in [0.3, 0.4) is 0 Å². The SMILES string of the molecule is N=C(N)c1ccc(COCC(F)(F)F)c(F)c1. The van der Waals surface area contributed by atoms with E-state index in [9.17, 15) is 17.6 Å². The first kappa shape index (κ1) is 13.4. The topological polar surface area (TPSA) is 59.1 Å². The summed E-state index contributed by atoms with van der Waals surface area (Å²) < 4.78 is 52.9. The summed E-state index contributed by atoms with van der Waals surface area (Å²) in [4.78, 5) is 0. The van der Waals surface area contributed by atoms with E-state index in [1.807, 2.05) is 0 Å². The number of halogens is 4. The predicted molar refractivity (Wildman–Crippen MR) is 53.1 cm³/mol. The maximum Gasteiger partial charge on any atom is 0.411 e. The molecule has 0 aromatic heterocycles. The Bertz CT molecular complexity index is 417. The highest BCUT2D eigenvalue weighted by Gasteiger charge is 2.27. The molecule has 0 radical (unpaired) electrons. The fourth-order valence-electron chi connectivity index (χ4n) is 1.11. The van der Waals surface area contributed by atoms with Gasteiger partial charge < -0.3 is 10.5 Å². The van der Waals surface area contributed by atoms with Gasteiger partial charge in [0, 0.05) is 11.1 Å². The molecule has 17 heavy (non-hydrogen) atoms. The summed E-state index contributed by atoms with van der Waals surface area (Å²) in [5.74, 6) is -1.06. The van der Waals surface area contributed by atoms with E-state index in [4.69, 9.17) is 11.1 Å². The molecule has 0 unspecified atom stereocenters. The van der Waals surface area contributed by atoms with Crippen LogP contribution in [0.1, 0.15) is 11.1 Å². The molecular formula is C10H10F4N2O. The molecule has 7 heteroatoms. The smallest absolute Gasteiger partial charge is 0.384 e. The molecule has 0 atom stereocenters. The summed E-state index contributed by atoms with van der Waals surface area (Å²) in [5.41, 5.74) is 5.28. The van der Waals surface area contributed by atoms with E-state index in [0.717, 1.165) is 6.07 Å². The third-order valence-electron chi connectivity index (χ3n) is 1.89. The van der Waals surface area contributed by atoms with Crippen LogP contribution in [-0.4, -0.2) is 18.6 Å². The van der Waals surface area contributed by atoms with E-state index in [1.165, 1.54) is 12.1 Å². The van der Waals surface area contributed by atoms with Crippen molar-refractivity contribution in [1.82, 2.24) is 0 Å². The van der Waals surface area contributed by atoms with Gasteiger partial charge in [-0.25, -0.2) is 4.39 Å². The van der Waals surface area contributed by atoms with Crippen LogP contribution in [0.5, 0.6) is 0 Å². The van der Waals surface area contributed by atoms with Gasteiger partial charge in [-0.15, -0.1) is 0 Å². The van der Waals surface area contributed by atoms with Gasteiger partial charge in [0.05, 0.1) is 6.61 Å². The van der Waals surface area contributed by atoms with Crippen LogP contribution in [0.4, 0.5) is 17.6 Å². The molecular weight excluding hydrogens is 240 g/mol. The number of nitrogens with one attached hydrogen (secondary N) is 1. The van der Waals surface area contributed by atoms with E-state index in [-0.39, 0.29) is 17.0 Å². The number of rotatable bonds is 4. The number of ether oxygens (including phenoxy) is 1. The minimum atomic E-state index is -4.43. The zero-order valence-corrected chi connectivity index (χ0v) is 8.64. The first-order chi connectivity index (χ1) is 7.79. The Balaban J connectivity index is 2.64. The zero-order valence-electron chi connectivity index (χ0n) is 8.64. The standard InChI is InChI=1S/C10H10F4N2O/c11-8-3-6(9(15)16)1-2-7(8)4-17-5-10(12,13)14/h1-3H,4-5H2,(H3,15,16). The number of nitrogen functional groups attached to an aromatic ring is 1. The molecule has 1 rings (SSSR count). The normalized spacial score (nSPS) is 11.5. The maximum atomic E-state index is 13.3. The summed E-state index contributed by atoms with van der Waals surface area (Å²) in [5, 5.41) is 7.05. The first-order valence-electron chi connectivity index (χ1n) is 4.57. The number of nitrogens with two attached hydrogens (primary N) is 1. The van der Waals surface area contributed by atoms with E-state index < -0.39 is 25.2 Å². The van der Waals surface area contributed by atoms with Gasteiger partial charge in [0.25, 0.3) is 0 Å². The van der Waals surface area contributed by atoms with Gasteiger partial charge in [0.1, 0.15) is 18.3 Å². The lowest BCUT2D eigenvalue weighted by Crippen LogP contribution is -2.17. The minimum Gasteiger partial charge on any atom is -0.384 e. The van der Waals surface area contributed by atoms with Gasteiger partial charge in [-0.05, 0) is 6.07 Å². The summed E-state index contributed by atoms with van der Waals surface area (Å²) in [7, 11) is 0. The van der Waals surface area contributed by atoms with Crippen molar-refractivity contribution in [1.29, 1.82) is 5.41 Å². The number of benzene rings is 1. The molecule has 0 saturated carbocycles. The Morgan fingerprint density at radius 2 is 2.00 bits per heavy atom. The second-order valence-corrected chi connectivity index (χ2v) is 3.33. The molecule has 0 spiro atoms. The zero-order chi connectivity index (χ0) is 13.1. The first-order valence-corrected chi connectivity index (χ1v) is 4.57. The number of alkyl halides is 3. The molecule has 0 bridgehead atoms. The molecule has 0 amide bonds. The van der Waals surface area contributed by atoms with E-state index >= 15 is 0 Å². The van der Waals surface area contributed by atoms with Crippen LogP contribution in [-0.2, 0) is 11.3 Å². The van der Waals surface area contributed by atoms with Gasteiger partial charge in [-0.3, -0.25) is 5.41 Å². The van der Waals surface area contributed by atoms with E-state index in [1.54, 1.807) is 0 Å². The van der Waals surface area contributed by atoms with Crippen LogP contribution in [0.2, 0.25) is 0 Å². The summed E-state index contributed by atoms with van der Waals surface area (Å²) in [6.45, 7) is -1.91. The Labute approximate surface area is 94.7 Å². The third kappa shape index (κ3) is 4.39. The Kier molecular flexibility index (Phi) is 4.06. The third-order valence-corrected chi connectivity index (χ3v) is 1.89. The lowest BCUT2D eigenvalue weighted by molar-refractivity contribution is -0.176. The highest BCUT2D eigenvalue weighted by atomic mass is 19.4. The average Bonchev–Trinajstić information content (AvgIpc) is 2.18. The highest BCUT2D eigenvalue weighted by Crippen LogP contribution is 2.17. The van der Waals surface area contributed by atoms with Crippen LogP contribution in [0, 0.1) is 11.2 Å². The summed E-state index contributed by atoms with van der Waals surface area (Å²) in [6, 6.07) is 3.56. The van der Waals surface area contributed by atoms with Crippen molar-refractivity contribution in [2.24, 2.45) is 5.73 Å². The molecule has 3 nitrogen and oxygen atoms in total. The van der Waals surface area contributed by atoms with Crippen molar-refractivity contribution in [3.05, 3.63) is 35.1 Å². The van der Waals surface area contributed by atoms with Crippen molar-refractivity contribution in [3.63, 3.8) is 0 Å². The molecule has 3 N–H and O–H groups in total. The molecule has 0 aliphatic heterocycles. The number of amidine groups is 1. The van der Waals surface area contributed by atoms with Crippen LogP contribution in [0.15, 0.2) is 18.2 Å². The van der Waals surface area contributed by atoms with Gasteiger partial charge in [0.2, 0.25) is 0 Å². The van der Waals surface area contributed by atoms with Crippen molar-refractivity contribution in [2.45, 2.75) is 12.8 Å². The fourth-order valence-corrected chi connectivity index (χ4v) is 1.11. The van der Waals surface area contributed by atoms with Gasteiger partial charge >= 0.3 is 6.18 Å². The second-order valence-electron chi connectivity index (χ2n) is 3.33. The largest absolute Gasteiger partial charge is 0.411 e. The number of hydrogen-bond donors (Lipinski definition) is 2. The Hall–Kier alpha value is -1.63. The van der Waals surface area contributed by atoms with Crippen molar-refractivity contribution >= 4 is 5.84 Å². The van der Waals surface area contributed by atoms with Crippen molar-refractivity contribution < 1.29 is 22.3 Å². The van der Waals surface area contributed by atoms with E-state index in [2.05, 4.69) is 4.74 Å². The Morgan fingerprint density at radius 3 is 2.47 bits per heavy atom. The van der Waals surface area contributed by atoms with Crippen molar-refractivity contribution in [2.75, 3.05) is 6.61 Å². The lowest BCUT2D eigenvalue weighted by atomic mass is 10.1. The maximum absolute atomic E-state index is 13.3.